The average Bonchev–Trinajstić information content (AvgIpc) is 2.50. The minimum absolute atomic E-state index is 0.219. The summed E-state index contributed by atoms with van der Waals surface area (Å²) < 4.78 is 0. The van der Waals surface area contributed by atoms with Crippen molar-refractivity contribution in [3.05, 3.63) is 52.2 Å². The van der Waals surface area contributed by atoms with Crippen LogP contribution >= 0.6 is 11.6 Å². The van der Waals surface area contributed by atoms with Gasteiger partial charge in [-0.15, -0.1) is 0 Å². The van der Waals surface area contributed by atoms with Gasteiger partial charge in [-0.25, -0.2) is 4.98 Å². The lowest BCUT2D eigenvalue weighted by Crippen LogP contribution is -2.15. The Labute approximate surface area is 129 Å². The van der Waals surface area contributed by atoms with Gasteiger partial charge in [0.2, 0.25) is 0 Å². The molecule has 2 rings (SSSR count). The molecule has 0 aliphatic carbocycles. The third-order valence-corrected chi connectivity index (χ3v) is 3.67. The second-order valence-electron chi connectivity index (χ2n) is 4.70. The second kappa shape index (κ2) is 6.59. The number of nitrogens with two attached hydrogens (primary N) is 1. The summed E-state index contributed by atoms with van der Waals surface area (Å²) in [5, 5.41) is 3.25. The van der Waals surface area contributed by atoms with Gasteiger partial charge in [0.1, 0.15) is 5.82 Å². The maximum absolute atomic E-state index is 12.4. The number of anilines is 2. The number of carbonyl (C=O) groups excluding carboxylic acids is 1. The van der Waals surface area contributed by atoms with Crippen molar-refractivity contribution in [1.82, 2.24) is 4.98 Å². The fourth-order valence-electron chi connectivity index (χ4n) is 2.16. The Morgan fingerprint density at radius 2 is 1.90 bits per heavy atom. The first-order valence-corrected chi connectivity index (χ1v) is 7.27. The van der Waals surface area contributed by atoms with Gasteiger partial charge in [-0.05, 0) is 30.0 Å². The smallest absolute Gasteiger partial charge is 0.257 e. The van der Waals surface area contributed by atoms with E-state index >= 15 is 0 Å². The molecule has 0 unspecified atom stereocenters. The van der Waals surface area contributed by atoms with Crippen LogP contribution in [0.1, 0.15) is 35.3 Å². The van der Waals surface area contributed by atoms with E-state index < -0.39 is 0 Å². The number of benzene rings is 1. The number of carbonyl (C=O) groups is 1. The number of hydrogen-bond acceptors (Lipinski definition) is 3. The van der Waals surface area contributed by atoms with Crippen LogP contribution in [0.5, 0.6) is 0 Å². The SMILES string of the molecule is CCc1cccc(CC)c1NC(=O)c1cnc(N)c(Cl)c1. The molecule has 1 aromatic carbocycles. The third-order valence-electron chi connectivity index (χ3n) is 3.37. The van der Waals surface area contributed by atoms with Crippen LogP contribution < -0.4 is 11.1 Å². The van der Waals surface area contributed by atoms with Crippen LogP contribution in [0, 0.1) is 0 Å². The van der Waals surface area contributed by atoms with Crippen molar-refractivity contribution < 1.29 is 4.79 Å². The summed E-state index contributed by atoms with van der Waals surface area (Å²) in [5.74, 6) is -0.0172. The molecule has 110 valence electrons. The molecule has 0 saturated carbocycles. The monoisotopic (exact) mass is 303 g/mol. The highest BCUT2D eigenvalue weighted by molar-refractivity contribution is 6.33. The molecule has 0 aliphatic rings. The van der Waals surface area contributed by atoms with Crippen molar-refractivity contribution in [3.8, 4) is 0 Å². The molecule has 5 heteroatoms. The summed E-state index contributed by atoms with van der Waals surface area (Å²) in [6.07, 6.45) is 3.13. The number of halogens is 1. The molecule has 21 heavy (non-hydrogen) atoms. The normalized spacial score (nSPS) is 10.4. The molecule has 2 aromatic rings. The zero-order chi connectivity index (χ0) is 15.4. The van der Waals surface area contributed by atoms with Crippen LogP contribution in [0.4, 0.5) is 11.5 Å². The molecule has 1 aromatic heterocycles. The van der Waals surface area contributed by atoms with Crippen molar-refractivity contribution in [2.75, 3.05) is 11.1 Å². The van der Waals surface area contributed by atoms with Crippen LogP contribution in [0.3, 0.4) is 0 Å². The number of nitrogens with zero attached hydrogens (tertiary/aromatic N) is 1. The lowest BCUT2D eigenvalue weighted by molar-refractivity contribution is 0.102. The predicted molar refractivity (Wildman–Crippen MR) is 86.8 cm³/mol. The predicted octanol–water partition coefficient (Wildman–Crippen LogP) is 3.69. The van der Waals surface area contributed by atoms with Crippen molar-refractivity contribution in [2.45, 2.75) is 26.7 Å². The zero-order valence-electron chi connectivity index (χ0n) is 12.1. The fourth-order valence-corrected chi connectivity index (χ4v) is 2.33. The van der Waals surface area contributed by atoms with E-state index in [1.165, 1.54) is 12.3 Å². The van der Waals surface area contributed by atoms with Crippen LogP contribution in [-0.2, 0) is 12.8 Å². The Balaban J connectivity index is 2.33. The highest BCUT2D eigenvalue weighted by Gasteiger charge is 2.13. The highest BCUT2D eigenvalue weighted by Crippen LogP contribution is 2.24. The number of hydrogen-bond donors (Lipinski definition) is 2. The standard InChI is InChI=1S/C16H18ClN3O/c1-3-10-6-5-7-11(4-2)14(10)20-16(21)12-8-13(17)15(18)19-9-12/h5-9H,3-4H2,1-2H3,(H2,18,19)(H,20,21). The molecule has 1 amide bonds. The number of nitrogen functional groups attached to an aromatic ring is 1. The Kier molecular flexibility index (Phi) is 4.81. The topological polar surface area (TPSA) is 68.0 Å². The fraction of sp³-hybridized carbons (Fsp3) is 0.250. The molecule has 0 spiro atoms. The quantitative estimate of drug-likeness (QED) is 0.905. The van der Waals surface area contributed by atoms with Crippen LogP contribution in [0.2, 0.25) is 5.02 Å². The van der Waals surface area contributed by atoms with E-state index in [9.17, 15) is 4.79 Å². The molecule has 3 N–H and O–H groups in total. The molecule has 0 fully saturated rings. The molecule has 0 saturated heterocycles. The Hall–Kier alpha value is -2.07. The van der Waals surface area contributed by atoms with Gasteiger partial charge in [-0.1, -0.05) is 43.6 Å². The maximum atomic E-state index is 12.4. The first kappa shape index (κ1) is 15.3. The minimum Gasteiger partial charge on any atom is -0.382 e. The molecule has 0 aliphatic heterocycles. The number of rotatable bonds is 4. The van der Waals surface area contributed by atoms with E-state index in [1.54, 1.807) is 0 Å². The molecular formula is C16H18ClN3O. The summed E-state index contributed by atoms with van der Waals surface area (Å²) in [6, 6.07) is 7.57. The summed E-state index contributed by atoms with van der Waals surface area (Å²) in [6.45, 7) is 4.12. The van der Waals surface area contributed by atoms with Gasteiger partial charge in [-0.3, -0.25) is 4.79 Å². The van der Waals surface area contributed by atoms with E-state index in [0.29, 0.717) is 5.56 Å². The van der Waals surface area contributed by atoms with E-state index in [-0.39, 0.29) is 16.7 Å². The number of para-hydroxylation sites is 1. The molecular weight excluding hydrogens is 286 g/mol. The van der Waals surface area contributed by atoms with Crippen molar-refractivity contribution in [1.29, 1.82) is 0 Å². The van der Waals surface area contributed by atoms with Crippen LogP contribution in [-0.4, -0.2) is 10.9 Å². The minimum atomic E-state index is -0.236. The molecule has 0 radical (unpaired) electrons. The summed E-state index contributed by atoms with van der Waals surface area (Å²) in [5.41, 5.74) is 9.04. The number of aryl methyl sites for hydroxylation is 2. The average molecular weight is 304 g/mol. The van der Waals surface area contributed by atoms with Crippen molar-refractivity contribution in [3.63, 3.8) is 0 Å². The summed E-state index contributed by atoms with van der Waals surface area (Å²) in [4.78, 5) is 16.3. The van der Waals surface area contributed by atoms with Gasteiger partial charge in [0.25, 0.3) is 5.91 Å². The first-order chi connectivity index (χ1) is 10.1. The van der Waals surface area contributed by atoms with Gasteiger partial charge in [0, 0.05) is 11.9 Å². The van der Waals surface area contributed by atoms with E-state index in [1.807, 2.05) is 18.2 Å². The van der Waals surface area contributed by atoms with Crippen LogP contribution in [0.25, 0.3) is 0 Å². The lowest BCUT2D eigenvalue weighted by Gasteiger charge is -2.14. The molecule has 4 nitrogen and oxygen atoms in total. The van der Waals surface area contributed by atoms with Gasteiger partial charge < -0.3 is 11.1 Å². The van der Waals surface area contributed by atoms with Crippen molar-refractivity contribution in [2.24, 2.45) is 0 Å². The lowest BCUT2D eigenvalue weighted by atomic mass is 10.0. The number of pyridine rings is 1. The molecule has 0 atom stereocenters. The van der Waals surface area contributed by atoms with Gasteiger partial charge >= 0.3 is 0 Å². The molecule has 0 bridgehead atoms. The van der Waals surface area contributed by atoms with E-state index in [4.69, 9.17) is 17.3 Å². The van der Waals surface area contributed by atoms with Gasteiger partial charge in [0.05, 0.1) is 10.6 Å². The Morgan fingerprint density at radius 1 is 1.29 bits per heavy atom. The number of aromatic nitrogens is 1. The second-order valence-corrected chi connectivity index (χ2v) is 5.11. The number of amides is 1. The first-order valence-electron chi connectivity index (χ1n) is 6.89. The Morgan fingerprint density at radius 3 is 2.43 bits per heavy atom. The number of nitrogens with one attached hydrogen (secondary N) is 1. The van der Waals surface area contributed by atoms with Crippen LogP contribution in [0.15, 0.2) is 30.5 Å². The third kappa shape index (κ3) is 3.34. The highest BCUT2D eigenvalue weighted by atomic mass is 35.5. The Bertz CT molecular complexity index is 648. The maximum Gasteiger partial charge on any atom is 0.257 e. The van der Waals surface area contributed by atoms with Gasteiger partial charge in [-0.2, -0.15) is 0 Å². The van der Waals surface area contributed by atoms with Crippen molar-refractivity contribution >= 4 is 29.0 Å². The molecule has 1 heterocycles. The largest absolute Gasteiger partial charge is 0.382 e. The van der Waals surface area contributed by atoms with Gasteiger partial charge in [0.15, 0.2) is 0 Å². The summed E-state index contributed by atoms with van der Waals surface area (Å²) in [7, 11) is 0. The summed E-state index contributed by atoms with van der Waals surface area (Å²) >= 11 is 5.91. The van der Waals surface area contributed by atoms with E-state index in [0.717, 1.165) is 29.7 Å². The van der Waals surface area contributed by atoms with E-state index in [2.05, 4.69) is 24.1 Å². The zero-order valence-corrected chi connectivity index (χ0v) is 12.9.